The Morgan fingerprint density at radius 2 is 1.32 bits per heavy atom. The SMILES string of the molecule is ONc1ccccc1C(c1ccccc1)c1ccccc1Cl. The third kappa shape index (κ3) is 2.84. The summed E-state index contributed by atoms with van der Waals surface area (Å²) in [6.45, 7) is 0. The molecule has 0 saturated carbocycles. The fraction of sp³-hybridized carbons (Fsp3) is 0.0526. The quantitative estimate of drug-likeness (QED) is 0.505. The van der Waals surface area contributed by atoms with Crippen LogP contribution in [0.5, 0.6) is 0 Å². The van der Waals surface area contributed by atoms with Gasteiger partial charge in [0.05, 0.1) is 5.69 Å². The van der Waals surface area contributed by atoms with Crippen molar-refractivity contribution in [1.29, 1.82) is 0 Å². The first-order chi connectivity index (χ1) is 10.8. The van der Waals surface area contributed by atoms with Crippen LogP contribution in [-0.4, -0.2) is 5.21 Å². The van der Waals surface area contributed by atoms with E-state index in [0.717, 1.165) is 16.7 Å². The van der Waals surface area contributed by atoms with Crippen LogP contribution < -0.4 is 5.48 Å². The van der Waals surface area contributed by atoms with Crippen LogP contribution in [0.4, 0.5) is 5.69 Å². The van der Waals surface area contributed by atoms with Gasteiger partial charge in [0.15, 0.2) is 0 Å². The molecule has 2 nitrogen and oxygen atoms in total. The first kappa shape index (κ1) is 14.6. The monoisotopic (exact) mass is 309 g/mol. The molecular weight excluding hydrogens is 294 g/mol. The minimum atomic E-state index is -0.0502. The number of hydrogen-bond acceptors (Lipinski definition) is 2. The van der Waals surface area contributed by atoms with Gasteiger partial charge in [-0.05, 0) is 28.8 Å². The minimum Gasteiger partial charge on any atom is -0.291 e. The van der Waals surface area contributed by atoms with E-state index in [1.165, 1.54) is 0 Å². The molecule has 0 aliphatic heterocycles. The maximum Gasteiger partial charge on any atom is 0.0643 e. The van der Waals surface area contributed by atoms with Crippen molar-refractivity contribution in [2.24, 2.45) is 0 Å². The number of para-hydroxylation sites is 1. The molecule has 0 aliphatic carbocycles. The summed E-state index contributed by atoms with van der Waals surface area (Å²) in [5.41, 5.74) is 6.08. The summed E-state index contributed by atoms with van der Waals surface area (Å²) in [4.78, 5) is 0. The highest BCUT2D eigenvalue weighted by molar-refractivity contribution is 6.31. The second-order valence-electron chi connectivity index (χ2n) is 5.06. The van der Waals surface area contributed by atoms with Crippen LogP contribution in [0.1, 0.15) is 22.6 Å². The van der Waals surface area contributed by atoms with E-state index in [1.807, 2.05) is 66.7 Å². The molecule has 2 N–H and O–H groups in total. The Morgan fingerprint density at radius 1 is 0.727 bits per heavy atom. The van der Waals surface area contributed by atoms with Gasteiger partial charge >= 0.3 is 0 Å². The summed E-state index contributed by atoms with van der Waals surface area (Å²) in [6, 6.07) is 25.7. The number of hydrogen-bond donors (Lipinski definition) is 2. The minimum absolute atomic E-state index is 0.0502. The van der Waals surface area contributed by atoms with Crippen LogP contribution >= 0.6 is 11.6 Å². The van der Waals surface area contributed by atoms with Crippen molar-refractivity contribution in [2.45, 2.75) is 5.92 Å². The molecule has 1 atom stereocenters. The summed E-state index contributed by atoms with van der Waals surface area (Å²) in [5, 5.41) is 10.2. The Hall–Kier alpha value is -2.29. The van der Waals surface area contributed by atoms with Gasteiger partial charge in [-0.2, -0.15) is 0 Å². The fourth-order valence-electron chi connectivity index (χ4n) is 2.73. The summed E-state index contributed by atoms with van der Waals surface area (Å²) in [7, 11) is 0. The van der Waals surface area contributed by atoms with E-state index in [0.29, 0.717) is 10.7 Å². The van der Waals surface area contributed by atoms with Crippen LogP contribution in [0.15, 0.2) is 78.9 Å². The van der Waals surface area contributed by atoms with Crippen molar-refractivity contribution in [3.8, 4) is 0 Å². The average Bonchev–Trinajstić information content (AvgIpc) is 2.58. The maximum atomic E-state index is 9.45. The molecule has 1 unspecified atom stereocenters. The third-order valence-corrected chi connectivity index (χ3v) is 4.09. The number of anilines is 1. The van der Waals surface area contributed by atoms with Gasteiger partial charge in [0.2, 0.25) is 0 Å². The van der Waals surface area contributed by atoms with Crippen LogP contribution in [0, 0.1) is 0 Å². The zero-order valence-electron chi connectivity index (χ0n) is 11.9. The lowest BCUT2D eigenvalue weighted by atomic mass is 9.84. The van der Waals surface area contributed by atoms with Gasteiger partial charge in [-0.15, -0.1) is 0 Å². The molecule has 110 valence electrons. The highest BCUT2D eigenvalue weighted by Gasteiger charge is 2.21. The zero-order valence-corrected chi connectivity index (χ0v) is 12.7. The summed E-state index contributed by atoms with van der Waals surface area (Å²) >= 11 is 6.43. The largest absolute Gasteiger partial charge is 0.291 e. The Morgan fingerprint density at radius 3 is 2.00 bits per heavy atom. The molecule has 0 radical (unpaired) electrons. The van der Waals surface area contributed by atoms with Crippen molar-refractivity contribution in [1.82, 2.24) is 0 Å². The lowest BCUT2D eigenvalue weighted by Crippen LogP contribution is -2.07. The summed E-state index contributed by atoms with van der Waals surface area (Å²) < 4.78 is 0. The molecule has 0 amide bonds. The number of halogens is 1. The van der Waals surface area contributed by atoms with Crippen molar-refractivity contribution < 1.29 is 5.21 Å². The predicted molar refractivity (Wildman–Crippen MR) is 90.7 cm³/mol. The van der Waals surface area contributed by atoms with Crippen LogP contribution in [0.2, 0.25) is 5.02 Å². The van der Waals surface area contributed by atoms with Gasteiger partial charge < -0.3 is 0 Å². The Bertz CT molecular complexity index is 758. The van der Waals surface area contributed by atoms with E-state index in [2.05, 4.69) is 17.6 Å². The Balaban J connectivity index is 2.22. The topological polar surface area (TPSA) is 32.3 Å². The van der Waals surface area contributed by atoms with Gasteiger partial charge in [-0.25, -0.2) is 0 Å². The van der Waals surface area contributed by atoms with E-state index in [4.69, 9.17) is 11.6 Å². The fourth-order valence-corrected chi connectivity index (χ4v) is 2.98. The maximum absolute atomic E-state index is 9.45. The highest BCUT2D eigenvalue weighted by Crippen LogP contribution is 2.38. The lowest BCUT2D eigenvalue weighted by molar-refractivity contribution is 0.388. The molecule has 0 spiro atoms. The smallest absolute Gasteiger partial charge is 0.0643 e. The summed E-state index contributed by atoms with van der Waals surface area (Å²) in [5.74, 6) is -0.0502. The van der Waals surface area contributed by atoms with Crippen LogP contribution in [0.3, 0.4) is 0 Å². The van der Waals surface area contributed by atoms with Gasteiger partial charge in [0.1, 0.15) is 0 Å². The third-order valence-electron chi connectivity index (χ3n) is 3.74. The Labute approximate surface area is 135 Å². The van der Waals surface area contributed by atoms with Crippen molar-refractivity contribution >= 4 is 17.3 Å². The molecule has 3 aromatic rings. The van der Waals surface area contributed by atoms with E-state index < -0.39 is 0 Å². The van der Waals surface area contributed by atoms with Crippen molar-refractivity contribution in [3.63, 3.8) is 0 Å². The molecule has 0 aliphatic rings. The molecule has 3 heteroatoms. The van der Waals surface area contributed by atoms with Crippen LogP contribution in [0.25, 0.3) is 0 Å². The van der Waals surface area contributed by atoms with E-state index >= 15 is 0 Å². The highest BCUT2D eigenvalue weighted by atomic mass is 35.5. The second kappa shape index (κ2) is 6.65. The molecular formula is C19H16ClNO. The zero-order chi connectivity index (χ0) is 15.4. The first-order valence-corrected chi connectivity index (χ1v) is 7.47. The van der Waals surface area contributed by atoms with E-state index in [9.17, 15) is 5.21 Å². The first-order valence-electron chi connectivity index (χ1n) is 7.09. The number of nitrogens with one attached hydrogen (secondary N) is 1. The van der Waals surface area contributed by atoms with E-state index in [1.54, 1.807) is 0 Å². The average molecular weight is 310 g/mol. The number of rotatable bonds is 4. The molecule has 0 aromatic heterocycles. The van der Waals surface area contributed by atoms with Crippen molar-refractivity contribution in [3.05, 3.63) is 101 Å². The van der Waals surface area contributed by atoms with Crippen LogP contribution in [-0.2, 0) is 0 Å². The lowest BCUT2D eigenvalue weighted by Gasteiger charge is -2.22. The Kier molecular flexibility index (Phi) is 4.42. The molecule has 0 saturated heterocycles. The number of benzene rings is 3. The molecule has 3 aromatic carbocycles. The molecule has 22 heavy (non-hydrogen) atoms. The second-order valence-corrected chi connectivity index (χ2v) is 5.47. The standard InChI is InChI=1S/C19H16ClNO/c20-17-12-6-4-10-15(17)19(14-8-2-1-3-9-14)16-11-5-7-13-18(16)21-22/h1-13,19,21-22H. The predicted octanol–water partition coefficient (Wildman–Crippen LogP) is 5.32. The van der Waals surface area contributed by atoms with Gasteiger partial charge in [0.25, 0.3) is 0 Å². The molecule has 3 rings (SSSR count). The molecule has 0 heterocycles. The molecule has 0 bridgehead atoms. The van der Waals surface area contributed by atoms with Gasteiger partial charge in [-0.1, -0.05) is 78.3 Å². The summed E-state index contributed by atoms with van der Waals surface area (Å²) in [6.07, 6.45) is 0. The van der Waals surface area contributed by atoms with E-state index in [-0.39, 0.29) is 5.92 Å². The van der Waals surface area contributed by atoms with Gasteiger partial charge in [-0.3, -0.25) is 10.7 Å². The van der Waals surface area contributed by atoms with Crippen molar-refractivity contribution in [2.75, 3.05) is 5.48 Å². The normalized spacial score (nSPS) is 11.9. The molecule has 0 fully saturated rings. The van der Waals surface area contributed by atoms with Gasteiger partial charge in [0, 0.05) is 10.9 Å².